The van der Waals surface area contributed by atoms with Crippen molar-refractivity contribution < 1.29 is 4.39 Å². The van der Waals surface area contributed by atoms with Crippen molar-refractivity contribution >= 4 is 0 Å². The van der Waals surface area contributed by atoms with Crippen molar-refractivity contribution in [1.29, 1.82) is 0 Å². The highest BCUT2D eigenvalue weighted by Crippen LogP contribution is 1.67. The molecule has 0 aliphatic rings. The van der Waals surface area contributed by atoms with Gasteiger partial charge in [0.05, 0.1) is 0 Å². The highest BCUT2D eigenvalue weighted by molar-refractivity contribution is 4.45. The van der Waals surface area contributed by atoms with E-state index < -0.39 is 0 Å². The molecule has 0 amide bonds. The highest BCUT2D eigenvalue weighted by atomic mass is 19.1. The molecular formula is C5H11FN. The molecule has 0 rings (SSSR count). The van der Waals surface area contributed by atoms with Gasteiger partial charge in [0.1, 0.15) is 6.67 Å². The van der Waals surface area contributed by atoms with Crippen LogP contribution in [0.2, 0.25) is 0 Å². The van der Waals surface area contributed by atoms with Gasteiger partial charge < -0.3 is 5.32 Å². The van der Waals surface area contributed by atoms with E-state index in [2.05, 4.69) is 12.2 Å². The Kier molecular flexibility index (Phi) is 5.80. The monoisotopic (exact) mass is 104 g/mol. The average molecular weight is 104 g/mol. The van der Waals surface area contributed by atoms with Crippen LogP contribution in [0.5, 0.6) is 0 Å². The Morgan fingerprint density at radius 3 is 2.57 bits per heavy atom. The second-order valence-electron chi connectivity index (χ2n) is 1.29. The quantitative estimate of drug-likeness (QED) is 0.519. The normalized spacial score (nSPS) is 9.43. The molecule has 2 heteroatoms. The molecule has 0 spiro atoms. The molecule has 0 aliphatic heterocycles. The lowest BCUT2D eigenvalue weighted by atomic mass is 10.5. The second kappa shape index (κ2) is 5.89. The van der Waals surface area contributed by atoms with E-state index in [4.69, 9.17) is 0 Å². The zero-order valence-corrected chi connectivity index (χ0v) is 4.41. The Morgan fingerprint density at radius 1 is 1.43 bits per heavy atom. The summed E-state index contributed by atoms with van der Waals surface area (Å²) in [6.07, 6.45) is 0.833. The number of halogens is 1. The Balaban J connectivity index is 2.45. The van der Waals surface area contributed by atoms with Gasteiger partial charge in [0.25, 0.3) is 0 Å². The fourth-order valence-corrected chi connectivity index (χ4v) is 0.317. The van der Waals surface area contributed by atoms with Crippen molar-refractivity contribution in [2.75, 3.05) is 19.8 Å². The first kappa shape index (κ1) is 6.89. The lowest BCUT2D eigenvalue weighted by molar-refractivity contribution is 0.469. The number of rotatable bonds is 4. The molecule has 1 radical (unpaired) electrons. The van der Waals surface area contributed by atoms with Crippen LogP contribution < -0.4 is 5.32 Å². The molecule has 1 nitrogen and oxygen atoms in total. The summed E-state index contributed by atoms with van der Waals surface area (Å²) >= 11 is 0. The number of hydrogen-bond acceptors (Lipinski definition) is 1. The summed E-state index contributed by atoms with van der Waals surface area (Å²) < 4.78 is 11.2. The van der Waals surface area contributed by atoms with Crippen LogP contribution in [0.15, 0.2) is 0 Å². The first-order valence-corrected chi connectivity index (χ1v) is 2.47. The zero-order valence-electron chi connectivity index (χ0n) is 4.41. The maximum absolute atomic E-state index is 11.2. The molecule has 0 aliphatic carbocycles. The van der Waals surface area contributed by atoms with Crippen molar-refractivity contribution in [1.82, 2.24) is 5.32 Å². The third-order valence-electron chi connectivity index (χ3n) is 0.625. The SMILES string of the molecule is [CH2]CCNCCF. The lowest BCUT2D eigenvalue weighted by Gasteiger charge is -1.94. The van der Waals surface area contributed by atoms with E-state index in [1.165, 1.54) is 0 Å². The summed E-state index contributed by atoms with van der Waals surface area (Å²) in [5, 5.41) is 2.85. The molecule has 7 heavy (non-hydrogen) atoms. The number of nitrogens with one attached hydrogen (secondary N) is 1. The lowest BCUT2D eigenvalue weighted by Crippen LogP contribution is -2.16. The molecule has 0 aromatic carbocycles. The Labute approximate surface area is 43.9 Å². The molecule has 0 aromatic heterocycles. The van der Waals surface area contributed by atoms with Gasteiger partial charge in [-0.25, -0.2) is 4.39 Å². The van der Waals surface area contributed by atoms with Gasteiger partial charge in [-0.05, 0) is 13.0 Å². The van der Waals surface area contributed by atoms with E-state index in [1.807, 2.05) is 0 Å². The van der Waals surface area contributed by atoms with Crippen molar-refractivity contribution in [2.24, 2.45) is 0 Å². The van der Waals surface area contributed by atoms with Crippen LogP contribution in [0.3, 0.4) is 0 Å². The van der Waals surface area contributed by atoms with Gasteiger partial charge >= 0.3 is 0 Å². The fourth-order valence-electron chi connectivity index (χ4n) is 0.317. The summed E-state index contributed by atoms with van der Waals surface area (Å²) in [6, 6.07) is 0. The minimum absolute atomic E-state index is 0.278. The minimum Gasteiger partial charge on any atom is -0.314 e. The summed E-state index contributed by atoms with van der Waals surface area (Å²) in [7, 11) is 0. The fraction of sp³-hybridized carbons (Fsp3) is 0.800. The van der Waals surface area contributed by atoms with Crippen molar-refractivity contribution in [2.45, 2.75) is 6.42 Å². The Hall–Kier alpha value is -0.110. The maximum Gasteiger partial charge on any atom is 0.102 e. The number of alkyl halides is 1. The van der Waals surface area contributed by atoms with Gasteiger partial charge in [0, 0.05) is 6.54 Å². The van der Waals surface area contributed by atoms with Crippen molar-refractivity contribution in [3.8, 4) is 0 Å². The Morgan fingerprint density at radius 2 is 2.14 bits per heavy atom. The van der Waals surface area contributed by atoms with Crippen LogP contribution >= 0.6 is 0 Å². The van der Waals surface area contributed by atoms with Gasteiger partial charge in [-0.2, -0.15) is 0 Å². The van der Waals surface area contributed by atoms with E-state index in [0.717, 1.165) is 13.0 Å². The van der Waals surface area contributed by atoms with E-state index in [-0.39, 0.29) is 6.67 Å². The first-order valence-electron chi connectivity index (χ1n) is 2.47. The summed E-state index contributed by atoms with van der Waals surface area (Å²) in [6.45, 7) is 4.59. The van der Waals surface area contributed by atoms with Crippen LogP contribution in [0.4, 0.5) is 4.39 Å². The van der Waals surface area contributed by atoms with E-state index in [1.54, 1.807) is 0 Å². The number of hydrogen-bond donors (Lipinski definition) is 1. The van der Waals surface area contributed by atoms with Gasteiger partial charge in [0.15, 0.2) is 0 Å². The first-order chi connectivity index (χ1) is 3.41. The molecule has 0 aromatic rings. The van der Waals surface area contributed by atoms with Crippen LogP contribution in [0, 0.1) is 6.92 Å². The van der Waals surface area contributed by atoms with Gasteiger partial charge in [-0.1, -0.05) is 6.92 Å². The van der Waals surface area contributed by atoms with Crippen LogP contribution in [0.1, 0.15) is 6.42 Å². The van der Waals surface area contributed by atoms with E-state index in [0.29, 0.717) is 6.54 Å². The van der Waals surface area contributed by atoms with Gasteiger partial charge in [-0.3, -0.25) is 0 Å². The van der Waals surface area contributed by atoms with Crippen molar-refractivity contribution in [3.05, 3.63) is 6.92 Å². The highest BCUT2D eigenvalue weighted by Gasteiger charge is 1.78. The second-order valence-corrected chi connectivity index (χ2v) is 1.29. The molecule has 0 saturated carbocycles. The van der Waals surface area contributed by atoms with Crippen molar-refractivity contribution in [3.63, 3.8) is 0 Å². The van der Waals surface area contributed by atoms with Crippen LogP contribution in [0.25, 0.3) is 0 Å². The molecule has 43 valence electrons. The predicted octanol–water partition coefficient (Wildman–Crippen LogP) is 0.770. The summed E-state index contributed by atoms with van der Waals surface area (Å²) in [5.74, 6) is 0. The molecule has 0 atom stereocenters. The summed E-state index contributed by atoms with van der Waals surface area (Å²) in [4.78, 5) is 0. The molecule has 0 heterocycles. The molecule has 0 fully saturated rings. The maximum atomic E-state index is 11.2. The minimum atomic E-state index is -0.278. The zero-order chi connectivity index (χ0) is 5.54. The smallest absolute Gasteiger partial charge is 0.102 e. The van der Waals surface area contributed by atoms with Gasteiger partial charge in [0.2, 0.25) is 0 Å². The largest absolute Gasteiger partial charge is 0.314 e. The third-order valence-corrected chi connectivity index (χ3v) is 0.625. The standard InChI is InChI=1S/C5H11FN/c1-2-4-7-5-3-6/h7H,1-5H2. The average Bonchev–Trinajstić information content (AvgIpc) is 1.69. The Bertz CT molecular complexity index is 27.3. The van der Waals surface area contributed by atoms with E-state index >= 15 is 0 Å². The molecular weight excluding hydrogens is 93.1 g/mol. The summed E-state index contributed by atoms with van der Waals surface area (Å²) in [5.41, 5.74) is 0. The van der Waals surface area contributed by atoms with Crippen LogP contribution in [-0.4, -0.2) is 19.8 Å². The molecule has 0 unspecified atom stereocenters. The topological polar surface area (TPSA) is 12.0 Å². The van der Waals surface area contributed by atoms with E-state index in [9.17, 15) is 4.39 Å². The van der Waals surface area contributed by atoms with Crippen LogP contribution in [-0.2, 0) is 0 Å². The predicted molar refractivity (Wildman–Crippen MR) is 28.8 cm³/mol. The molecule has 0 saturated heterocycles. The van der Waals surface area contributed by atoms with Gasteiger partial charge in [-0.15, -0.1) is 0 Å². The third kappa shape index (κ3) is 5.89. The molecule has 0 bridgehead atoms. The molecule has 1 N–H and O–H groups in total.